The van der Waals surface area contributed by atoms with Crippen LogP contribution in [-0.2, 0) is 9.59 Å². The number of benzene rings is 1. The first-order valence-corrected chi connectivity index (χ1v) is 7.24. The topological polar surface area (TPSA) is 72.9 Å². The lowest BCUT2D eigenvalue weighted by Crippen LogP contribution is -2.44. The molecule has 2 unspecified atom stereocenters. The van der Waals surface area contributed by atoms with Crippen molar-refractivity contribution in [3.05, 3.63) is 35.9 Å². The molecular weight excluding hydrogens is 282 g/mol. The Balaban J connectivity index is 2.55. The molecule has 0 spiro atoms. The number of hydrogen-bond acceptors (Lipinski definition) is 4. The zero-order valence-corrected chi connectivity index (χ0v) is 13.6. The molecule has 0 saturated heterocycles. The number of carboxylic acids is 1. The number of amides is 1. The van der Waals surface area contributed by atoms with Crippen LogP contribution in [0.2, 0.25) is 0 Å². The van der Waals surface area contributed by atoms with Crippen LogP contribution in [0.5, 0.6) is 0 Å². The number of carbonyl (C=O) groups excluding carboxylic acids is 1. The lowest BCUT2D eigenvalue weighted by Gasteiger charge is -2.26. The van der Waals surface area contributed by atoms with Crippen molar-refractivity contribution >= 4 is 11.9 Å². The fraction of sp³-hybridized carbons (Fsp3) is 0.500. The molecule has 0 aliphatic heterocycles. The summed E-state index contributed by atoms with van der Waals surface area (Å²) in [5, 5.41) is 11.8. The van der Waals surface area contributed by atoms with Gasteiger partial charge in [-0.15, -0.1) is 0 Å². The number of carboxylic acid groups (broad SMARTS) is 1. The van der Waals surface area contributed by atoms with Crippen molar-refractivity contribution in [1.29, 1.82) is 0 Å². The molecular formula is C16H25N3O3. The van der Waals surface area contributed by atoms with Gasteiger partial charge in [-0.3, -0.25) is 14.5 Å². The molecule has 6 heteroatoms. The van der Waals surface area contributed by atoms with E-state index < -0.39 is 12.0 Å². The number of nitrogens with one attached hydrogen (secondary N) is 1. The van der Waals surface area contributed by atoms with E-state index in [-0.39, 0.29) is 18.5 Å². The highest BCUT2D eigenvalue weighted by Crippen LogP contribution is 2.16. The van der Waals surface area contributed by atoms with Crippen LogP contribution in [0.15, 0.2) is 30.3 Å². The molecule has 1 amide bonds. The maximum Gasteiger partial charge on any atom is 0.320 e. The quantitative estimate of drug-likeness (QED) is 0.743. The lowest BCUT2D eigenvalue weighted by molar-refractivity contribution is -0.142. The Labute approximate surface area is 131 Å². The van der Waals surface area contributed by atoms with E-state index in [2.05, 4.69) is 5.32 Å². The summed E-state index contributed by atoms with van der Waals surface area (Å²) in [4.78, 5) is 26.4. The highest BCUT2D eigenvalue weighted by molar-refractivity contribution is 5.79. The third-order valence-corrected chi connectivity index (χ3v) is 3.71. The maximum absolute atomic E-state index is 12.0. The molecule has 0 saturated carbocycles. The molecule has 0 aromatic heterocycles. The van der Waals surface area contributed by atoms with Gasteiger partial charge in [-0.1, -0.05) is 30.3 Å². The summed E-state index contributed by atoms with van der Waals surface area (Å²) in [6, 6.07) is 9.32. The van der Waals surface area contributed by atoms with Crippen LogP contribution in [0.3, 0.4) is 0 Å². The molecule has 0 radical (unpaired) electrons. The summed E-state index contributed by atoms with van der Waals surface area (Å²) in [5.41, 5.74) is 1.13. The highest BCUT2D eigenvalue weighted by atomic mass is 16.4. The van der Waals surface area contributed by atoms with E-state index in [1.807, 2.05) is 49.3 Å². The first kappa shape index (κ1) is 18.1. The summed E-state index contributed by atoms with van der Waals surface area (Å²) < 4.78 is 0. The van der Waals surface area contributed by atoms with Gasteiger partial charge in [0, 0.05) is 6.54 Å². The van der Waals surface area contributed by atoms with Crippen LogP contribution in [0.4, 0.5) is 0 Å². The van der Waals surface area contributed by atoms with Crippen LogP contribution in [0.1, 0.15) is 18.5 Å². The molecule has 6 nitrogen and oxygen atoms in total. The fourth-order valence-corrected chi connectivity index (χ4v) is 2.09. The van der Waals surface area contributed by atoms with Gasteiger partial charge in [0.1, 0.15) is 6.04 Å². The monoisotopic (exact) mass is 307 g/mol. The minimum Gasteiger partial charge on any atom is -0.480 e. The minimum atomic E-state index is -0.939. The van der Waals surface area contributed by atoms with Crippen molar-refractivity contribution in [2.75, 3.05) is 34.2 Å². The van der Waals surface area contributed by atoms with Gasteiger partial charge in [-0.25, -0.2) is 0 Å². The summed E-state index contributed by atoms with van der Waals surface area (Å²) in [6.45, 7) is 2.09. The van der Waals surface area contributed by atoms with Crippen LogP contribution in [0, 0.1) is 0 Å². The van der Waals surface area contributed by atoms with Crippen LogP contribution < -0.4 is 5.32 Å². The van der Waals surface area contributed by atoms with E-state index >= 15 is 0 Å². The average Bonchev–Trinajstić information content (AvgIpc) is 2.47. The molecule has 0 fully saturated rings. The molecule has 2 N–H and O–H groups in total. The van der Waals surface area contributed by atoms with E-state index in [9.17, 15) is 9.59 Å². The number of aliphatic carboxylic acids is 1. The van der Waals surface area contributed by atoms with Gasteiger partial charge < -0.3 is 15.3 Å². The third-order valence-electron chi connectivity index (χ3n) is 3.71. The second-order valence-corrected chi connectivity index (χ2v) is 5.62. The zero-order chi connectivity index (χ0) is 16.7. The Morgan fingerprint density at radius 2 is 1.77 bits per heavy atom. The van der Waals surface area contributed by atoms with Crippen molar-refractivity contribution in [3.63, 3.8) is 0 Å². The Morgan fingerprint density at radius 3 is 2.27 bits per heavy atom. The smallest absolute Gasteiger partial charge is 0.320 e. The van der Waals surface area contributed by atoms with Gasteiger partial charge in [0.05, 0.1) is 12.6 Å². The largest absolute Gasteiger partial charge is 0.480 e. The molecule has 1 aromatic carbocycles. The normalized spacial score (nSPS) is 13.9. The molecule has 0 bridgehead atoms. The van der Waals surface area contributed by atoms with Crippen molar-refractivity contribution in [2.24, 2.45) is 0 Å². The molecule has 122 valence electrons. The summed E-state index contributed by atoms with van der Waals surface area (Å²) in [6.07, 6.45) is 0. The summed E-state index contributed by atoms with van der Waals surface area (Å²) >= 11 is 0. The van der Waals surface area contributed by atoms with E-state index in [0.717, 1.165) is 5.56 Å². The highest BCUT2D eigenvalue weighted by Gasteiger charge is 2.20. The number of carbonyl (C=O) groups is 2. The van der Waals surface area contributed by atoms with Crippen LogP contribution >= 0.6 is 0 Å². The molecule has 1 aromatic rings. The average molecular weight is 307 g/mol. The van der Waals surface area contributed by atoms with Gasteiger partial charge in [0.2, 0.25) is 5.91 Å². The minimum absolute atomic E-state index is 0.0579. The van der Waals surface area contributed by atoms with E-state index in [4.69, 9.17) is 5.11 Å². The van der Waals surface area contributed by atoms with Gasteiger partial charge in [-0.05, 0) is 33.6 Å². The van der Waals surface area contributed by atoms with E-state index in [1.54, 1.807) is 14.0 Å². The van der Waals surface area contributed by atoms with Crippen molar-refractivity contribution in [2.45, 2.75) is 19.0 Å². The van der Waals surface area contributed by atoms with Crippen molar-refractivity contribution in [3.8, 4) is 0 Å². The number of hydrogen-bond donors (Lipinski definition) is 2. The van der Waals surface area contributed by atoms with Crippen molar-refractivity contribution < 1.29 is 14.7 Å². The first-order chi connectivity index (χ1) is 10.3. The van der Waals surface area contributed by atoms with Crippen molar-refractivity contribution in [1.82, 2.24) is 15.1 Å². The molecule has 0 heterocycles. The standard InChI is InChI=1S/C16H25N3O3/c1-12(16(21)22)19(4)11-15(20)17-10-14(18(2)3)13-8-6-5-7-9-13/h5-9,12,14H,10-11H2,1-4H3,(H,17,20)(H,21,22). The van der Waals surface area contributed by atoms with Gasteiger partial charge in [0.25, 0.3) is 0 Å². The van der Waals surface area contributed by atoms with Crippen LogP contribution in [-0.4, -0.2) is 67.1 Å². The first-order valence-electron chi connectivity index (χ1n) is 7.24. The molecule has 0 aliphatic rings. The van der Waals surface area contributed by atoms with Crippen LogP contribution in [0.25, 0.3) is 0 Å². The maximum atomic E-state index is 12.0. The lowest BCUT2D eigenvalue weighted by atomic mass is 10.1. The zero-order valence-electron chi connectivity index (χ0n) is 13.6. The summed E-state index contributed by atoms with van der Waals surface area (Å²) in [5.74, 6) is -1.12. The number of likely N-dealkylation sites (N-methyl/N-ethyl adjacent to an activating group) is 2. The predicted octanol–water partition coefficient (Wildman–Crippen LogP) is 0.810. The van der Waals surface area contributed by atoms with E-state index in [1.165, 1.54) is 4.90 Å². The number of nitrogens with zero attached hydrogens (tertiary/aromatic N) is 2. The molecule has 1 rings (SSSR count). The molecule has 0 aliphatic carbocycles. The Bertz CT molecular complexity index is 491. The van der Waals surface area contributed by atoms with Gasteiger partial charge in [0.15, 0.2) is 0 Å². The SMILES string of the molecule is CC(C(=O)O)N(C)CC(=O)NCC(c1ccccc1)N(C)C. The Hall–Kier alpha value is -1.92. The second-order valence-electron chi connectivity index (χ2n) is 5.62. The fourth-order valence-electron chi connectivity index (χ4n) is 2.09. The Morgan fingerprint density at radius 1 is 1.18 bits per heavy atom. The third kappa shape index (κ3) is 5.46. The van der Waals surface area contributed by atoms with E-state index in [0.29, 0.717) is 6.54 Å². The Kier molecular flexibility index (Phi) is 7.01. The van der Waals surface area contributed by atoms with Gasteiger partial charge in [-0.2, -0.15) is 0 Å². The van der Waals surface area contributed by atoms with Gasteiger partial charge >= 0.3 is 5.97 Å². The molecule has 22 heavy (non-hydrogen) atoms. The predicted molar refractivity (Wildman–Crippen MR) is 85.6 cm³/mol. The number of rotatable bonds is 8. The second kappa shape index (κ2) is 8.51. The summed E-state index contributed by atoms with van der Waals surface area (Å²) in [7, 11) is 5.55. The molecule has 2 atom stereocenters.